The van der Waals surface area contributed by atoms with Crippen molar-refractivity contribution in [1.29, 1.82) is 0 Å². The number of carbonyl (C=O) groups excluding carboxylic acids is 1. The second-order valence-electron chi connectivity index (χ2n) is 4.56. The molecule has 1 amide bonds. The highest BCUT2D eigenvalue weighted by molar-refractivity contribution is 5.94. The molecular weight excluding hydrogens is 244 g/mol. The topological polar surface area (TPSA) is 61.8 Å². The third kappa shape index (κ3) is 3.94. The second kappa shape index (κ2) is 7.11. The first-order chi connectivity index (χ1) is 9.03. The van der Waals surface area contributed by atoms with E-state index in [2.05, 4.69) is 5.32 Å². The van der Waals surface area contributed by atoms with E-state index in [4.69, 9.17) is 4.74 Å². The van der Waals surface area contributed by atoms with E-state index in [-0.39, 0.29) is 18.6 Å². The molecule has 0 heterocycles. The Hall–Kier alpha value is -1.59. The summed E-state index contributed by atoms with van der Waals surface area (Å²) in [6.45, 7) is 1.84. The molecule has 0 aromatic heterocycles. The average molecular weight is 266 g/mol. The lowest BCUT2D eigenvalue weighted by molar-refractivity contribution is -0.120. The maximum absolute atomic E-state index is 12.1. The van der Waals surface area contributed by atoms with Gasteiger partial charge in [0, 0.05) is 11.3 Å². The Bertz CT molecular complexity index is 433. The van der Waals surface area contributed by atoms with Crippen LogP contribution in [0.2, 0.25) is 0 Å². The molecule has 1 aromatic rings. The van der Waals surface area contributed by atoms with Crippen LogP contribution in [-0.4, -0.2) is 43.2 Å². The first kappa shape index (κ1) is 15.5. The van der Waals surface area contributed by atoms with E-state index in [0.717, 1.165) is 6.42 Å². The molecule has 2 N–H and O–H groups in total. The molecule has 0 fully saturated rings. The van der Waals surface area contributed by atoms with Crippen LogP contribution < -0.4 is 10.1 Å². The van der Waals surface area contributed by atoms with Gasteiger partial charge in [-0.2, -0.15) is 0 Å². The van der Waals surface area contributed by atoms with Crippen molar-refractivity contribution in [2.75, 3.05) is 26.5 Å². The summed E-state index contributed by atoms with van der Waals surface area (Å²) < 4.78 is 5.12. The Morgan fingerprint density at radius 1 is 1.47 bits per heavy atom. The van der Waals surface area contributed by atoms with Crippen molar-refractivity contribution in [1.82, 2.24) is 4.90 Å². The standard InChI is InChI=1S/C14H22N2O3/c1-5-12(16(2)3)14(18)15-11-6-7-13(19-4)10(8-11)9-17/h6-8,12,17H,5,9H2,1-4H3,(H,15,18). The molecule has 0 aliphatic heterocycles. The van der Waals surface area contributed by atoms with Crippen molar-refractivity contribution in [3.8, 4) is 5.75 Å². The summed E-state index contributed by atoms with van der Waals surface area (Å²) in [5.41, 5.74) is 1.31. The number of aliphatic hydroxyl groups excluding tert-OH is 1. The van der Waals surface area contributed by atoms with E-state index in [9.17, 15) is 9.90 Å². The number of nitrogens with zero attached hydrogens (tertiary/aromatic N) is 1. The van der Waals surface area contributed by atoms with E-state index < -0.39 is 0 Å². The van der Waals surface area contributed by atoms with Gasteiger partial charge >= 0.3 is 0 Å². The van der Waals surface area contributed by atoms with Crippen molar-refractivity contribution in [3.05, 3.63) is 23.8 Å². The highest BCUT2D eigenvalue weighted by Gasteiger charge is 2.18. The molecule has 5 heteroatoms. The van der Waals surface area contributed by atoms with Gasteiger partial charge in [-0.3, -0.25) is 9.69 Å². The molecule has 0 aliphatic carbocycles. The number of hydrogen-bond acceptors (Lipinski definition) is 4. The fraction of sp³-hybridized carbons (Fsp3) is 0.500. The predicted octanol–water partition coefficient (Wildman–Crippen LogP) is 1.47. The highest BCUT2D eigenvalue weighted by Crippen LogP contribution is 2.22. The SMILES string of the molecule is CCC(C(=O)Nc1ccc(OC)c(CO)c1)N(C)C. The summed E-state index contributed by atoms with van der Waals surface area (Å²) in [5.74, 6) is 0.557. The van der Waals surface area contributed by atoms with E-state index in [1.165, 1.54) is 0 Å². The fourth-order valence-electron chi connectivity index (χ4n) is 1.99. The monoisotopic (exact) mass is 266 g/mol. The van der Waals surface area contributed by atoms with Gasteiger partial charge in [0.05, 0.1) is 19.8 Å². The first-order valence-corrected chi connectivity index (χ1v) is 6.28. The number of rotatable bonds is 6. The van der Waals surface area contributed by atoms with E-state index in [1.54, 1.807) is 25.3 Å². The van der Waals surface area contributed by atoms with Gasteiger partial charge < -0.3 is 15.2 Å². The van der Waals surface area contributed by atoms with Gasteiger partial charge in [0.25, 0.3) is 0 Å². The molecule has 0 aliphatic rings. The zero-order chi connectivity index (χ0) is 14.4. The number of aliphatic hydroxyl groups is 1. The molecule has 0 bridgehead atoms. The van der Waals surface area contributed by atoms with Crippen LogP contribution in [0.4, 0.5) is 5.69 Å². The summed E-state index contributed by atoms with van der Waals surface area (Å²) in [6, 6.07) is 5.05. The van der Waals surface area contributed by atoms with Gasteiger partial charge in [0.15, 0.2) is 0 Å². The average Bonchev–Trinajstić information content (AvgIpc) is 2.38. The van der Waals surface area contributed by atoms with Gasteiger partial charge in [-0.15, -0.1) is 0 Å². The number of ether oxygens (including phenoxy) is 1. The molecule has 106 valence electrons. The third-order valence-corrected chi connectivity index (χ3v) is 3.03. The van der Waals surface area contributed by atoms with Crippen LogP contribution in [0, 0.1) is 0 Å². The largest absolute Gasteiger partial charge is 0.496 e. The van der Waals surface area contributed by atoms with Crippen molar-refractivity contribution in [2.24, 2.45) is 0 Å². The summed E-state index contributed by atoms with van der Waals surface area (Å²) in [6.07, 6.45) is 0.738. The molecule has 0 saturated carbocycles. The minimum absolute atomic E-state index is 0.0541. The number of likely N-dealkylation sites (N-methyl/N-ethyl adjacent to an activating group) is 1. The van der Waals surface area contributed by atoms with Crippen LogP contribution in [0.3, 0.4) is 0 Å². The minimum atomic E-state index is -0.167. The van der Waals surface area contributed by atoms with Crippen LogP contribution in [0.25, 0.3) is 0 Å². The number of carbonyl (C=O) groups is 1. The predicted molar refractivity (Wildman–Crippen MR) is 75.3 cm³/mol. The van der Waals surface area contributed by atoms with Crippen molar-refractivity contribution < 1.29 is 14.6 Å². The molecule has 1 rings (SSSR count). The maximum atomic E-state index is 12.1. The Labute approximate surface area is 114 Å². The van der Waals surface area contributed by atoms with Gasteiger partial charge in [-0.1, -0.05) is 6.92 Å². The van der Waals surface area contributed by atoms with Gasteiger partial charge in [-0.25, -0.2) is 0 Å². The zero-order valence-corrected chi connectivity index (χ0v) is 11.9. The summed E-state index contributed by atoms with van der Waals surface area (Å²) in [5, 5.41) is 12.1. The lowest BCUT2D eigenvalue weighted by atomic mass is 10.1. The van der Waals surface area contributed by atoms with Crippen molar-refractivity contribution >= 4 is 11.6 Å². The number of methoxy groups -OCH3 is 1. The Kier molecular flexibility index (Phi) is 5.79. The minimum Gasteiger partial charge on any atom is -0.496 e. The van der Waals surface area contributed by atoms with Crippen molar-refractivity contribution in [3.63, 3.8) is 0 Å². The smallest absolute Gasteiger partial charge is 0.241 e. The highest BCUT2D eigenvalue weighted by atomic mass is 16.5. The van der Waals surface area contributed by atoms with E-state index >= 15 is 0 Å². The van der Waals surface area contributed by atoms with Gasteiger partial charge in [0.2, 0.25) is 5.91 Å². The lowest BCUT2D eigenvalue weighted by Crippen LogP contribution is -2.39. The summed E-state index contributed by atoms with van der Waals surface area (Å²) in [4.78, 5) is 14.0. The molecule has 1 aromatic carbocycles. The Morgan fingerprint density at radius 2 is 2.16 bits per heavy atom. The Morgan fingerprint density at radius 3 is 2.63 bits per heavy atom. The molecule has 1 atom stereocenters. The number of anilines is 1. The van der Waals surface area contributed by atoms with Gasteiger partial charge in [0.1, 0.15) is 5.75 Å². The number of nitrogens with one attached hydrogen (secondary N) is 1. The maximum Gasteiger partial charge on any atom is 0.241 e. The van der Waals surface area contributed by atoms with Crippen molar-refractivity contribution in [2.45, 2.75) is 26.0 Å². The van der Waals surface area contributed by atoms with Gasteiger partial charge in [-0.05, 0) is 38.7 Å². The lowest BCUT2D eigenvalue weighted by Gasteiger charge is -2.22. The van der Waals surface area contributed by atoms with Crippen LogP contribution in [0.1, 0.15) is 18.9 Å². The third-order valence-electron chi connectivity index (χ3n) is 3.03. The molecular formula is C14H22N2O3. The Balaban J connectivity index is 2.85. The fourth-order valence-corrected chi connectivity index (χ4v) is 1.99. The van der Waals surface area contributed by atoms with Crippen LogP contribution in [0.15, 0.2) is 18.2 Å². The number of amides is 1. The molecule has 19 heavy (non-hydrogen) atoms. The van der Waals surface area contributed by atoms with Crippen LogP contribution >= 0.6 is 0 Å². The molecule has 1 unspecified atom stereocenters. The zero-order valence-electron chi connectivity index (χ0n) is 11.9. The van der Waals surface area contributed by atoms with Crippen LogP contribution in [-0.2, 0) is 11.4 Å². The van der Waals surface area contributed by atoms with E-state index in [0.29, 0.717) is 17.0 Å². The summed E-state index contributed by atoms with van der Waals surface area (Å²) in [7, 11) is 5.30. The first-order valence-electron chi connectivity index (χ1n) is 6.28. The molecule has 0 saturated heterocycles. The quantitative estimate of drug-likeness (QED) is 0.818. The molecule has 0 radical (unpaired) electrons. The molecule has 0 spiro atoms. The molecule has 5 nitrogen and oxygen atoms in total. The number of benzene rings is 1. The second-order valence-corrected chi connectivity index (χ2v) is 4.56. The summed E-state index contributed by atoms with van der Waals surface area (Å²) >= 11 is 0. The normalized spacial score (nSPS) is 12.3. The van der Waals surface area contributed by atoms with E-state index in [1.807, 2.05) is 25.9 Å². The number of hydrogen-bond donors (Lipinski definition) is 2. The van der Waals surface area contributed by atoms with Crippen LogP contribution in [0.5, 0.6) is 5.75 Å².